The fourth-order valence-electron chi connectivity index (χ4n) is 1.72. The van der Waals surface area contributed by atoms with Crippen LogP contribution < -0.4 is 11.1 Å². The SMILES string of the molecule is C=C(CN)Nc1ccc(-c2cc(F)cc(F)c2)cc1. The maximum absolute atomic E-state index is 13.1. The molecule has 0 saturated heterocycles. The quantitative estimate of drug-likeness (QED) is 0.882. The number of halogens is 2. The number of nitrogens with one attached hydrogen (secondary N) is 1. The molecular weight excluding hydrogens is 246 g/mol. The molecule has 0 spiro atoms. The lowest BCUT2D eigenvalue weighted by molar-refractivity contribution is 0.584. The molecule has 2 nitrogen and oxygen atoms in total. The fraction of sp³-hybridized carbons (Fsp3) is 0.0667. The topological polar surface area (TPSA) is 38.0 Å². The number of hydrogen-bond donors (Lipinski definition) is 2. The van der Waals surface area contributed by atoms with Crippen molar-refractivity contribution in [3.05, 3.63) is 66.4 Å². The zero-order chi connectivity index (χ0) is 13.8. The van der Waals surface area contributed by atoms with Crippen LogP contribution in [0.5, 0.6) is 0 Å². The van der Waals surface area contributed by atoms with Crippen LogP contribution in [-0.4, -0.2) is 6.54 Å². The maximum atomic E-state index is 13.1. The van der Waals surface area contributed by atoms with Gasteiger partial charge < -0.3 is 11.1 Å². The standard InChI is InChI=1S/C15H14F2N2/c1-10(9-18)19-15-4-2-11(3-5-15)12-6-13(16)8-14(17)7-12/h2-8,19H,1,9,18H2. The zero-order valence-corrected chi connectivity index (χ0v) is 10.3. The first-order chi connectivity index (χ1) is 9.08. The van der Waals surface area contributed by atoms with E-state index in [-0.39, 0.29) is 0 Å². The van der Waals surface area contributed by atoms with Gasteiger partial charge in [-0.3, -0.25) is 0 Å². The van der Waals surface area contributed by atoms with Gasteiger partial charge in [0.05, 0.1) is 0 Å². The molecule has 0 heterocycles. The Balaban J connectivity index is 2.24. The average molecular weight is 260 g/mol. The van der Waals surface area contributed by atoms with Gasteiger partial charge in [-0.25, -0.2) is 8.78 Å². The summed E-state index contributed by atoms with van der Waals surface area (Å²) < 4.78 is 26.3. The van der Waals surface area contributed by atoms with Gasteiger partial charge in [0.15, 0.2) is 0 Å². The molecule has 0 saturated carbocycles. The van der Waals surface area contributed by atoms with E-state index in [1.54, 1.807) is 24.3 Å². The van der Waals surface area contributed by atoms with Crippen LogP contribution >= 0.6 is 0 Å². The normalized spacial score (nSPS) is 10.3. The molecule has 0 atom stereocenters. The van der Waals surface area contributed by atoms with E-state index >= 15 is 0 Å². The van der Waals surface area contributed by atoms with Gasteiger partial charge in [-0.05, 0) is 35.4 Å². The van der Waals surface area contributed by atoms with Gasteiger partial charge in [-0.15, -0.1) is 0 Å². The van der Waals surface area contributed by atoms with Crippen molar-refractivity contribution >= 4 is 5.69 Å². The van der Waals surface area contributed by atoms with E-state index in [0.29, 0.717) is 17.8 Å². The van der Waals surface area contributed by atoms with Gasteiger partial charge in [-0.1, -0.05) is 18.7 Å². The molecule has 0 aromatic heterocycles. The van der Waals surface area contributed by atoms with E-state index in [9.17, 15) is 8.78 Å². The van der Waals surface area contributed by atoms with Crippen molar-refractivity contribution in [3.63, 3.8) is 0 Å². The summed E-state index contributed by atoms with van der Waals surface area (Å²) in [6.07, 6.45) is 0. The van der Waals surface area contributed by atoms with Gasteiger partial charge in [-0.2, -0.15) is 0 Å². The van der Waals surface area contributed by atoms with Crippen LogP contribution in [0.1, 0.15) is 0 Å². The van der Waals surface area contributed by atoms with Gasteiger partial charge in [0.1, 0.15) is 11.6 Å². The molecule has 2 aromatic carbocycles. The second-order valence-electron chi connectivity index (χ2n) is 4.17. The minimum absolute atomic E-state index is 0.344. The first-order valence-corrected chi connectivity index (χ1v) is 5.80. The molecule has 4 heteroatoms. The van der Waals surface area contributed by atoms with E-state index in [1.807, 2.05) is 0 Å². The molecule has 0 fully saturated rings. The molecule has 2 rings (SSSR count). The predicted molar refractivity (Wildman–Crippen MR) is 73.6 cm³/mol. The molecule has 3 N–H and O–H groups in total. The Morgan fingerprint density at radius 2 is 1.58 bits per heavy atom. The molecule has 0 radical (unpaired) electrons. The van der Waals surface area contributed by atoms with E-state index in [0.717, 1.165) is 17.3 Å². The minimum atomic E-state index is -0.589. The van der Waals surface area contributed by atoms with Crippen LogP contribution in [0, 0.1) is 11.6 Å². The molecule has 98 valence electrons. The van der Waals surface area contributed by atoms with Crippen molar-refractivity contribution in [2.75, 3.05) is 11.9 Å². The highest BCUT2D eigenvalue weighted by atomic mass is 19.1. The van der Waals surface area contributed by atoms with Crippen LogP contribution in [0.2, 0.25) is 0 Å². The second-order valence-corrected chi connectivity index (χ2v) is 4.17. The van der Waals surface area contributed by atoms with Crippen LogP contribution in [0.25, 0.3) is 11.1 Å². The molecule has 0 amide bonds. The van der Waals surface area contributed by atoms with Crippen molar-refractivity contribution in [3.8, 4) is 11.1 Å². The molecule has 0 unspecified atom stereocenters. The van der Waals surface area contributed by atoms with E-state index in [2.05, 4.69) is 11.9 Å². The first kappa shape index (κ1) is 13.2. The Bertz CT molecular complexity index is 571. The van der Waals surface area contributed by atoms with Crippen molar-refractivity contribution in [1.29, 1.82) is 0 Å². The smallest absolute Gasteiger partial charge is 0.126 e. The van der Waals surface area contributed by atoms with Crippen LogP contribution in [0.3, 0.4) is 0 Å². The summed E-state index contributed by atoms with van der Waals surface area (Å²) in [6, 6.07) is 10.6. The molecule has 19 heavy (non-hydrogen) atoms. The fourth-order valence-corrected chi connectivity index (χ4v) is 1.72. The Labute approximate surface area is 110 Å². The number of rotatable bonds is 4. The van der Waals surface area contributed by atoms with Crippen LogP contribution in [0.4, 0.5) is 14.5 Å². The average Bonchev–Trinajstić information content (AvgIpc) is 2.38. The predicted octanol–water partition coefficient (Wildman–Crippen LogP) is 3.52. The monoisotopic (exact) mass is 260 g/mol. The Morgan fingerprint density at radius 1 is 1.00 bits per heavy atom. The first-order valence-electron chi connectivity index (χ1n) is 5.80. The molecule has 0 bridgehead atoms. The molecule has 2 aromatic rings. The summed E-state index contributed by atoms with van der Waals surface area (Å²) in [5.41, 5.74) is 8.20. The number of hydrogen-bond acceptors (Lipinski definition) is 2. The van der Waals surface area contributed by atoms with Crippen LogP contribution in [-0.2, 0) is 0 Å². The van der Waals surface area contributed by atoms with Gasteiger partial charge in [0.2, 0.25) is 0 Å². The van der Waals surface area contributed by atoms with Gasteiger partial charge in [0.25, 0.3) is 0 Å². The number of benzene rings is 2. The summed E-state index contributed by atoms with van der Waals surface area (Å²) in [6.45, 7) is 4.08. The Kier molecular flexibility index (Phi) is 3.92. The lowest BCUT2D eigenvalue weighted by Crippen LogP contribution is -2.09. The van der Waals surface area contributed by atoms with Gasteiger partial charge >= 0.3 is 0 Å². The Hall–Kier alpha value is -2.20. The minimum Gasteiger partial charge on any atom is -0.358 e. The summed E-state index contributed by atoms with van der Waals surface area (Å²) in [7, 11) is 0. The molecular formula is C15H14F2N2. The Morgan fingerprint density at radius 3 is 2.11 bits per heavy atom. The largest absolute Gasteiger partial charge is 0.358 e. The van der Waals surface area contributed by atoms with E-state index < -0.39 is 11.6 Å². The summed E-state index contributed by atoms with van der Waals surface area (Å²) in [4.78, 5) is 0. The second kappa shape index (κ2) is 5.63. The summed E-state index contributed by atoms with van der Waals surface area (Å²) in [5.74, 6) is -1.18. The van der Waals surface area contributed by atoms with Crippen molar-refractivity contribution in [1.82, 2.24) is 0 Å². The number of nitrogens with two attached hydrogens (primary N) is 1. The van der Waals surface area contributed by atoms with Crippen molar-refractivity contribution < 1.29 is 8.78 Å². The van der Waals surface area contributed by atoms with E-state index in [1.165, 1.54) is 12.1 Å². The molecule has 0 aliphatic heterocycles. The van der Waals surface area contributed by atoms with E-state index in [4.69, 9.17) is 5.73 Å². The summed E-state index contributed by atoms with van der Waals surface area (Å²) in [5, 5.41) is 3.03. The van der Waals surface area contributed by atoms with Crippen LogP contribution in [0.15, 0.2) is 54.7 Å². The number of anilines is 1. The van der Waals surface area contributed by atoms with Crippen molar-refractivity contribution in [2.45, 2.75) is 0 Å². The summed E-state index contributed by atoms with van der Waals surface area (Å²) >= 11 is 0. The highest BCUT2D eigenvalue weighted by molar-refractivity contribution is 5.66. The third-order valence-corrected chi connectivity index (χ3v) is 2.65. The third kappa shape index (κ3) is 3.39. The lowest BCUT2D eigenvalue weighted by Gasteiger charge is -2.08. The lowest BCUT2D eigenvalue weighted by atomic mass is 10.1. The third-order valence-electron chi connectivity index (χ3n) is 2.65. The molecule has 0 aliphatic rings. The maximum Gasteiger partial charge on any atom is 0.126 e. The molecule has 0 aliphatic carbocycles. The van der Waals surface area contributed by atoms with Crippen molar-refractivity contribution in [2.24, 2.45) is 5.73 Å². The highest BCUT2D eigenvalue weighted by Crippen LogP contribution is 2.23. The van der Waals surface area contributed by atoms with Gasteiger partial charge in [0, 0.05) is 24.0 Å². The highest BCUT2D eigenvalue weighted by Gasteiger charge is 2.03. The zero-order valence-electron chi connectivity index (χ0n) is 10.3.